The molecular weight excluding hydrogens is 335 g/mol. The smallest absolute Gasteiger partial charge is 0.252 e. The van der Waals surface area contributed by atoms with Crippen molar-refractivity contribution in [3.05, 3.63) is 59.4 Å². The molecule has 1 aliphatic rings. The van der Waals surface area contributed by atoms with E-state index in [0.717, 1.165) is 29.7 Å². The highest BCUT2D eigenvalue weighted by molar-refractivity contribution is 5.97. The van der Waals surface area contributed by atoms with Crippen molar-refractivity contribution >= 4 is 23.2 Å². The largest absolute Gasteiger partial charge is 0.375 e. The highest BCUT2D eigenvalue weighted by Crippen LogP contribution is 2.30. The SMILES string of the molecule is COCC(=O)N1CCCc2ccc(NC(=O)Cc3ccc(F)cc3)cc21. The van der Waals surface area contributed by atoms with Crippen molar-refractivity contribution in [2.75, 3.05) is 30.5 Å². The number of nitrogens with zero attached hydrogens (tertiary/aromatic N) is 1. The minimum absolute atomic E-state index is 0.0284. The second-order valence-corrected chi connectivity index (χ2v) is 6.28. The zero-order valence-corrected chi connectivity index (χ0v) is 14.6. The summed E-state index contributed by atoms with van der Waals surface area (Å²) in [5, 5.41) is 2.84. The zero-order valence-electron chi connectivity index (χ0n) is 14.6. The van der Waals surface area contributed by atoms with Gasteiger partial charge in [-0.25, -0.2) is 4.39 Å². The number of ether oxygens (including phenoxy) is 1. The molecule has 0 saturated heterocycles. The quantitative estimate of drug-likeness (QED) is 0.896. The molecule has 0 spiro atoms. The Morgan fingerprint density at radius 3 is 2.69 bits per heavy atom. The van der Waals surface area contributed by atoms with E-state index in [1.165, 1.54) is 19.2 Å². The number of fused-ring (bicyclic) bond motifs is 1. The molecule has 1 N–H and O–H groups in total. The molecule has 2 amide bonds. The Morgan fingerprint density at radius 2 is 1.96 bits per heavy atom. The van der Waals surface area contributed by atoms with Gasteiger partial charge in [0.2, 0.25) is 5.91 Å². The van der Waals surface area contributed by atoms with Gasteiger partial charge in [0.05, 0.1) is 6.42 Å². The lowest BCUT2D eigenvalue weighted by molar-refractivity contribution is -0.122. The molecule has 26 heavy (non-hydrogen) atoms. The fourth-order valence-corrected chi connectivity index (χ4v) is 3.11. The zero-order chi connectivity index (χ0) is 18.5. The van der Waals surface area contributed by atoms with E-state index in [1.807, 2.05) is 18.2 Å². The lowest BCUT2D eigenvalue weighted by Crippen LogP contribution is -2.37. The first-order valence-corrected chi connectivity index (χ1v) is 8.53. The molecule has 0 saturated carbocycles. The number of hydrogen-bond acceptors (Lipinski definition) is 3. The Balaban J connectivity index is 1.73. The predicted molar refractivity (Wildman–Crippen MR) is 97.7 cm³/mol. The van der Waals surface area contributed by atoms with Crippen LogP contribution in [0.4, 0.5) is 15.8 Å². The summed E-state index contributed by atoms with van der Waals surface area (Å²) in [6, 6.07) is 11.5. The molecule has 3 rings (SSSR count). The third-order valence-corrected chi connectivity index (χ3v) is 4.33. The number of anilines is 2. The van der Waals surface area contributed by atoms with Crippen LogP contribution in [0.2, 0.25) is 0 Å². The summed E-state index contributed by atoms with van der Waals surface area (Å²) in [5.74, 6) is -0.616. The van der Waals surface area contributed by atoms with E-state index in [-0.39, 0.29) is 30.7 Å². The van der Waals surface area contributed by atoms with Gasteiger partial charge in [-0.2, -0.15) is 0 Å². The minimum Gasteiger partial charge on any atom is -0.375 e. The molecule has 6 heteroatoms. The molecule has 2 aromatic carbocycles. The topological polar surface area (TPSA) is 58.6 Å². The normalized spacial score (nSPS) is 13.2. The van der Waals surface area contributed by atoms with Crippen molar-refractivity contribution in [2.45, 2.75) is 19.3 Å². The maximum absolute atomic E-state index is 12.9. The summed E-state index contributed by atoms with van der Waals surface area (Å²) in [6.07, 6.45) is 1.96. The van der Waals surface area contributed by atoms with E-state index >= 15 is 0 Å². The number of aryl methyl sites for hydroxylation is 1. The summed E-state index contributed by atoms with van der Waals surface area (Å²) < 4.78 is 17.9. The van der Waals surface area contributed by atoms with E-state index in [0.29, 0.717) is 12.2 Å². The number of carbonyl (C=O) groups is 2. The van der Waals surface area contributed by atoms with Crippen LogP contribution in [0.5, 0.6) is 0 Å². The predicted octanol–water partition coefficient (Wildman–Crippen LogP) is 2.93. The maximum atomic E-state index is 12.9. The van der Waals surface area contributed by atoms with Crippen molar-refractivity contribution in [1.29, 1.82) is 0 Å². The Hall–Kier alpha value is -2.73. The van der Waals surface area contributed by atoms with E-state index < -0.39 is 0 Å². The molecule has 1 aliphatic heterocycles. The standard InChI is InChI=1S/C20H21FN2O3/c1-26-13-20(25)23-10-2-3-15-6-9-17(12-18(15)23)22-19(24)11-14-4-7-16(21)8-5-14/h4-9,12H,2-3,10-11,13H2,1H3,(H,22,24). The van der Waals surface area contributed by atoms with Gasteiger partial charge in [0, 0.05) is 25.0 Å². The summed E-state index contributed by atoms with van der Waals surface area (Å²) in [5.41, 5.74) is 3.27. The van der Waals surface area contributed by atoms with Crippen LogP contribution in [-0.4, -0.2) is 32.1 Å². The second-order valence-electron chi connectivity index (χ2n) is 6.28. The number of hydrogen-bond donors (Lipinski definition) is 1. The molecule has 0 aliphatic carbocycles. The number of rotatable bonds is 5. The molecule has 2 aromatic rings. The fraction of sp³-hybridized carbons (Fsp3) is 0.300. The number of carbonyl (C=O) groups excluding carboxylic acids is 2. The number of amides is 2. The molecule has 5 nitrogen and oxygen atoms in total. The van der Waals surface area contributed by atoms with Crippen molar-refractivity contribution in [3.63, 3.8) is 0 Å². The molecule has 0 bridgehead atoms. The van der Waals surface area contributed by atoms with Crippen LogP contribution in [0.25, 0.3) is 0 Å². The van der Waals surface area contributed by atoms with Crippen molar-refractivity contribution in [2.24, 2.45) is 0 Å². The number of benzene rings is 2. The van der Waals surface area contributed by atoms with Gasteiger partial charge in [0.15, 0.2) is 0 Å². The van der Waals surface area contributed by atoms with Gasteiger partial charge < -0.3 is 15.0 Å². The summed E-state index contributed by atoms with van der Waals surface area (Å²) in [7, 11) is 1.49. The van der Waals surface area contributed by atoms with Crippen molar-refractivity contribution in [3.8, 4) is 0 Å². The fourth-order valence-electron chi connectivity index (χ4n) is 3.11. The molecule has 0 fully saturated rings. The highest BCUT2D eigenvalue weighted by atomic mass is 19.1. The van der Waals surface area contributed by atoms with Gasteiger partial charge in [0.1, 0.15) is 12.4 Å². The Morgan fingerprint density at radius 1 is 1.19 bits per heavy atom. The molecule has 0 aromatic heterocycles. The summed E-state index contributed by atoms with van der Waals surface area (Å²) in [4.78, 5) is 26.2. The van der Waals surface area contributed by atoms with Gasteiger partial charge >= 0.3 is 0 Å². The average molecular weight is 356 g/mol. The maximum Gasteiger partial charge on any atom is 0.252 e. The van der Waals surface area contributed by atoms with E-state index in [1.54, 1.807) is 17.0 Å². The average Bonchev–Trinajstić information content (AvgIpc) is 2.63. The second kappa shape index (κ2) is 8.10. The first-order chi connectivity index (χ1) is 12.6. The lowest BCUT2D eigenvalue weighted by Gasteiger charge is -2.29. The van der Waals surface area contributed by atoms with Crippen LogP contribution in [0.3, 0.4) is 0 Å². The van der Waals surface area contributed by atoms with Gasteiger partial charge in [0.25, 0.3) is 5.91 Å². The van der Waals surface area contributed by atoms with Crippen LogP contribution in [-0.2, 0) is 27.2 Å². The number of nitrogens with one attached hydrogen (secondary N) is 1. The lowest BCUT2D eigenvalue weighted by atomic mass is 10.0. The van der Waals surface area contributed by atoms with Gasteiger partial charge in [-0.05, 0) is 48.2 Å². The van der Waals surface area contributed by atoms with E-state index in [9.17, 15) is 14.0 Å². The van der Waals surface area contributed by atoms with Crippen LogP contribution in [0.1, 0.15) is 17.5 Å². The van der Waals surface area contributed by atoms with Crippen LogP contribution < -0.4 is 10.2 Å². The van der Waals surface area contributed by atoms with E-state index in [4.69, 9.17) is 4.74 Å². The molecular formula is C20H21FN2O3. The van der Waals surface area contributed by atoms with Gasteiger partial charge in [-0.15, -0.1) is 0 Å². The van der Waals surface area contributed by atoms with Gasteiger partial charge in [-0.1, -0.05) is 18.2 Å². The number of methoxy groups -OCH3 is 1. The summed E-state index contributed by atoms with van der Waals surface area (Å²) >= 11 is 0. The first-order valence-electron chi connectivity index (χ1n) is 8.53. The van der Waals surface area contributed by atoms with Crippen LogP contribution in [0.15, 0.2) is 42.5 Å². The van der Waals surface area contributed by atoms with E-state index in [2.05, 4.69) is 5.32 Å². The molecule has 0 radical (unpaired) electrons. The molecule has 136 valence electrons. The third kappa shape index (κ3) is 4.26. The summed E-state index contributed by atoms with van der Waals surface area (Å²) in [6.45, 7) is 0.669. The molecule has 0 unspecified atom stereocenters. The Labute approximate surface area is 151 Å². The Kier molecular flexibility index (Phi) is 5.63. The van der Waals surface area contributed by atoms with Crippen molar-refractivity contribution in [1.82, 2.24) is 0 Å². The number of halogens is 1. The van der Waals surface area contributed by atoms with Crippen molar-refractivity contribution < 1.29 is 18.7 Å². The highest BCUT2D eigenvalue weighted by Gasteiger charge is 2.22. The molecule has 1 heterocycles. The minimum atomic E-state index is -0.329. The Bertz CT molecular complexity index is 805. The van der Waals surface area contributed by atoms with Crippen LogP contribution >= 0.6 is 0 Å². The van der Waals surface area contributed by atoms with Crippen LogP contribution in [0, 0.1) is 5.82 Å². The molecule has 0 atom stereocenters. The third-order valence-electron chi connectivity index (χ3n) is 4.33. The first kappa shape index (κ1) is 18.1. The van der Waals surface area contributed by atoms with Gasteiger partial charge in [-0.3, -0.25) is 9.59 Å². The monoisotopic (exact) mass is 356 g/mol.